The standard InChI is InChI=1S/C42H12F18O2S2.2C2H6/c43-19-21(45)29(53)39(30(54)22(19)46)63-41-33(57)25(49)37(26(50)34(41)58)61-17-12-16(14-9-5-2-6-10-14)18(11-15(17)13-7-3-1-4-8-13)62-38-27(51)35(59)42(36(60)28(38)52)64-40-31(55)23(47)20(44)24(48)32(40)56;2*1-2/h1-12H;2*1-2H3. The largest absolute Gasteiger partial charge is 0.450 e. The summed E-state index contributed by atoms with van der Waals surface area (Å²) >= 11 is -1.81. The molecule has 0 aliphatic carbocycles. The highest BCUT2D eigenvalue weighted by atomic mass is 32.2. The molecule has 0 N–H and O–H groups in total. The Hall–Kier alpha value is -6.42. The second-order valence-electron chi connectivity index (χ2n) is 12.6. The van der Waals surface area contributed by atoms with Gasteiger partial charge < -0.3 is 9.47 Å². The van der Waals surface area contributed by atoms with Crippen LogP contribution in [0.5, 0.6) is 23.0 Å². The maximum atomic E-state index is 15.7. The molecule has 0 fully saturated rings. The summed E-state index contributed by atoms with van der Waals surface area (Å²) in [5, 5.41) is 0. The lowest BCUT2D eigenvalue weighted by Gasteiger charge is -2.20. The van der Waals surface area contributed by atoms with E-state index in [0.29, 0.717) is 0 Å². The van der Waals surface area contributed by atoms with Crippen LogP contribution in [0, 0.1) is 105 Å². The van der Waals surface area contributed by atoms with E-state index in [1.54, 1.807) is 0 Å². The molecule has 2 nitrogen and oxygen atoms in total. The molecule has 0 amide bonds. The van der Waals surface area contributed by atoms with Gasteiger partial charge in [-0.15, -0.1) is 0 Å². The molecular weight excluding hydrogens is 991 g/mol. The zero-order chi connectivity index (χ0) is 50.6. The van der Waals surface area contributed by atoms with Crippen LogP contribution >= 0.6 is 23.5 Å². The third kappa shape index (κ3) is 9.65. The molecule has 0 atom stereocenters. The van der Waals surface area contributed by atoms with Crippen LogP contribution in [0.4, 0.5) is 79.0 Å². The lowest BCUT2D eigenvalue weighted by Crippen LogP contribution is -2.07. The van der Waals surface area contributed by atoms with E-state index in [1.165, 1.54) is 60.7 Å². The minimum Gasteiger partial charge on any atom is -0.450 e. The van der Waals surface area contributed by atoms with Crippen LogP contribution in [-0.2, 0) is 0 Å². The first kappa shape index (κ1) is 52.5. The van der Waals surface area contributed by atoms with Crippen molar-refractivity contribution in [1.82, 2.24) is 0 Å². The Balaban J connectivity index is 0.00000210. The Kier molecular flexibility index (Phi) is 16.8. The molecule has 0 bridgehead atoms. The van der Waals surface area contributed by atoms with Crippen molar-refractivity contribution < 1.29 is 88.5 Å². The van der Waals surface area contributed by atoms with E-state index in [0.717, 1.165) is 12.1 Å². The van der Waals surface area contributed by atoms with Gasteiger partial charge in [-0.05, 0) is 23.3 Å². The van der Waals surface area contributed by atoms with Gasteiger partial charge in [0.25, 0.3) is 0 Å². The van der Waals surface area contributed by atoms with Gasteiger partial charge in [0.1, 0.15) is 11.5 Å². The highest BCUT2D eigenvalue weighted by molar-refractivity contribution is 7.99. The molecule has 358 valence electrons. The molecule has 7 aromatic rings. The van der Waals surface area contributed by atoms with E-state index in [-0.39, 0.29) is 11.1 Å². The smallest absolute Gasteiger partial charge is 0.205 e. The van der Waals surface area contributed by atoms with Crippen LogP contribution in [0.15, 0.2) is 92.4 Å². The Labute approximate surface area is 381 Å². The van der Waals surface area contributed by atoms with Crippen molar-refractivity contribution in [3.05, 3.63) is 178 Å². The average molecular weight is 1010 g/mol. The fraction of sp³-hybridized carbons (Fsp3) is 0.0870. The summed E-state index contributed by atoms with van der Waals surface area (Å²) < 4.78 is 275. The normalized spacial score (nSPS) is 10.9. The molecule has 0 aliphatic rings. The molecule has 22 heteroatoms. The maximum absolute atomic E-state index is 15.7. The Morgan fingerprint density at radius 3 is 0.721 bits per heavy atom. The summed E-state index contributed by atoms with van der Waals surface area (Å²) in [4.78, 5) is -7.75. The summed E-state index contributed by atoms with van der Waals surface area (Å²) in [7, 11) is 0. The molecule has 7 rings (SSSR count). The van der Waals surface area contributed by atoms with Gasteiger partial charge in [-0.25, -0.2) is 61.5 Å². The first-order valence-electron chi connectivity index (χ1n) is 19.0. The van der Waals surface area contributed by atoms with Crippen molar-refractivity contribution >= 4 is 23.5 Å². The highest BCUT2D eigenvalue weighted by Crippen LogP contribution is 2.49. The molecule has 0 heterocycles. The van der Waals surface area contributed by atoms with Gasteiger partial charge >= 0.3 is 0 Å². The second-order valence-corrected chi connectivity index (χ2v) is 14.7. The zero-order valence-electron chi connectivity index (χ0n) is 34.4. The van der Waals surface area contributed by atoms with Crippen molar-refractivity contribution in [2.75, 3.05) is 0 Å². The number of halogens is 18. The molecule has 0 radical (unpaired) electrons. The average Bonchev–Trinajstić information content (AvgIpc) is 3.36. The Morgan fingerprint density at radius 1 is 0.279 bits per heavy atom. The number of benzene rings is 7. The summed E-state index contributed by atoms with van der Waals surface area (Å²) in [6.07, 6.45) is 0. The van der Waals surface area contributed by atoms with E-state index >= 15 is 35.1 Å². The van der Waals surface area contributed by atoms with Crippen LogP contribution in [0.1, 0.15) is 27.7 Å². The lowest BCUT2D eigenvalue weighted by atomic mass is 9.97. The highest BCUT2D eigenvalue weighted by Gasteiger charge is 2.35. The minimum atomic E-state index is -2.65. The van der Waals surface area contributed by atoms with Gasteiger partial charge in [0.15, 0.2) is 69.8 Å². The van der Waals surface area contributed by atoms with Gasteiger partial charge in [0.05, 0.1) is 19.6 Å². The molecule has 0 unspecified atom stereocenters. The SMILES string of the molecule is CC.CC.Fc1c(F)c(F)c(Sc2c(F)c(F)c(Oc3cc(-c4ccccc4)c(Oc4c(F)c(F)c(Sc5c(F)c(F)c(F)c(F)c5F)c(F)c4F)cc3-c3ccccc3)c(F)c2F)c(F)c1F. The zero-order valence-corrected chi connectivity index (χ0v) is 36.0. The van der Waals surface area contributed by atoms with E-state index in [1.807, 2.05) is 27.7 Å². The van der Waals surface area contributed by atoms with Crippen molar-refractivity contribution in [2.24, 2.45) is 0 Å². The van der Waals surface area contributed by atoms with Gasteiger partial charge in [0, 0.05) is 11.1 Å². The number of rotatable bonds is 10. The topological polar surface area (TPSA) is 18.5 Å². The monoisotopic (exact) mass is 1010 g/mol. The first-order valence-corrected chi connectivity index (χ1v) is 20.6. The van der Waals surface area contributed by atoms with Gasteiger partial charge in [0.2, 0.25) is 46.4 Å². The van der Waals surface area contributed by atoms with Gasteiger partial charge in [-0.2, -0.15) is 17.6 Å². The molecule has 0 spiro atoms. The molecule has 0 saturated carbocycles. The molecule has 0 aliphatic heterocycles. The van der Waals surface area contributed by atoms with Crippen LogP contribution in [0.3, 0.4) is 0 Å². The summed E-state index contributed by atoms with van der Waals surface area (Å²) in [5.41, 5.74) is -0.963. The predicted octanol–water partition coefficient (Wildman–Crippen LogP) is 17.5. The van der Waals surface area contributed by atoms with E-state index in [4.69, 9.17) is 9.47 Å². The number of hydrogen-bond donors (Lipinski definition) is 0. The van der Waals surface area contributed by atoms with Gasteiger partial charge in [-0.3, -0.25) is 0 Å². The van der Waals surface area contributed by atoms with E-state index in [9.17, 15) is 43.9 Å². The summed E-state index contributed by atoms with van der Waals surface area (Å²) in [6, 6.07) is 14.9. The molecule has 7 aromatic carbocycles. The van der Waals surface area contributed by atoms with Crippen molar-refractivity contribution in [3.63, 3.8) is 0 Å². The molecule has 0 saturated heterocycles. The van der Waals surface area contributed by atoms with Crippen LogP contribution in [0.2, 0.25) is 0 Å². The Morgan fingerprint density at radius 2 is 0.485 bits per heavy atom. The van der Waals surface area contributed by atoms with Crippen LogP contribution < -0.4 is 9.47 Å². The third-order valence-electron chi connectivity index (χ3n) is 8.79. The van der Waals surface area contributed by atoms with Crippen LogP contribution in [-0.4, -0.2) is 0 Å². The second kappa shape index (κ2) is 21.7. The number of ether oxygens (including phenoxy) is 2. The fourth-order valence-electron chi connectivity index (χ4n) is 5.73. The van der Waals surface area contributed by atoms with Crippen molar-refractivity contribution in [3.8, 4) is 45.3 Å². The molecule has 0 aromatic heterocycles. The molecular formula is C46H24F18O2S2. The van der Waals surface area contributed by atoms with Crippen LogP contribution in [0.25, 0.3) is 22.3 Å². The predicted molar refractivity (Wildman–Crippen MR) is 213 cm³/mol. The van der Waals surface area contributed by atoms with Gasteiger partial charge in [-0.1, -0.05) is 112 Å². The maximum Gasteiger partial charge on any atom is 0.205 e. The first-order chi connectivity index (χ1) is 32.3. The lowest BCUT2D eigenvalue weighted by molar-refractivity contribution is 0.348. The molecule has 68 heavy (non-hydrogen) atoms. The minimum absolute atomic E-state index is 0.0462. The van der Waals surface area contributed by atoms with E-state index < -0.39 is 182 Å². The summed E-state index contributed by atoms with van der Waals surface area (Å²) in [6.45, 7) is 8.00. The van der Waals surface area contributed by atoms with Crippen molar-refractivity contribution in [1.29, 1.82) is 0 Å². The fourth-order valence-corrected chi connectivity index (χ4v) is 7.57. The quantitative estimate of drug-likeness (QED) is 0.0772. The van der Waals surface area contributed by atoms with E-state index in [2.05, 4.69) is 0 Å². The Bertz CT molecular complexity index is 2730. The third-order valence-corrected chi connectivity index (χ3v) is 11.0. The number of hydrogen-bond acceptors (Lipinski definition) is 4. The summed E-state index contributed by atoms with van der Waals surface area (Å²) in [5.74, 6) is -50.8. The van der Waals surface area contributed by atoms with Crippen molar-refractivity contribution in [2.45, 2.75) is 47.3 Å².